The highest BCUT2D eigenvalue weighted by atomic mass is 19.3. The maximum atomic E-state index is 11.7. The molecule has 0 aliphatic rings. The minimum absolute atomic E-state index is 0.0403. The molecule has 18 heavy (non-hydrogen) atoms. The van der Waals surface area contributed by atoms with Gasteiger partial charge in [0.2, 0.25) is 0 Å². The number of para-hydroxylation sites is 1. The molecule has 0 aromatic heterocycles. The van der Waals surface area contributed by atoms with Crippen molar-refractivity contribution in [2.45, 2.75) is 13.0 Å². The lowest BCUT2D eigenvalue weighted by molar-refractivity contribution is -0.385. The van der Waals surface area contributed by atoms with E-state index in [1.54, 1.807) is 18.2 Å². The van der Waals surface area contributed by atoms with Crippen molar-refractivity contribution in [2.75, 3.05) is 19.8 Å². The summed E-state index contributed by atoms with van der Waals surface area (Å²) in [6.07, 6.45) is -2.47. The largest absolute Gasteiger partial charge is 0.374 e. The molecule has 1 aromatic carbocycles. The topological polar surface area (TPSA) is 64.4 Å². The van der Waals surface area contributed by atoms with Crippen LogP contribution in [0.2, 0.25) is 0 Å². The normalized spacial score (nSPS) is 10.8. The molecule has 1 aromatic rings. The predicted molar refractivity (Wildman–Crippen MR) is 61.6 cm³/mol. The molecule has 0 saturated heterocycles. The molecule has 0 unspecified atom stereocenters. The van der Waals surface area contributed by atoms with E-state index in [9.17, 15) is 18.9 Å². The van der Waals surface area contributed by atoms with Gasteiger partial charge in [-0.2, -0.15) is 0 Å². The van der Waals surface area contributed by atoms with Crippen molar-refractivity contribution in [1.29, 1.82) is 0 Å². The Balaban J connectivity index is 2.29. The monoisotopic (exact) mass is 260 g/mol. The Kier molecular flexibility index (Phi) is 6.16. The Morgan fingerprint density at radius 1 is 1.39 bits per heavy atom. The third-order valence-corrected chi connectivity index (χ3v) is 2.17. The quantitative estimate of drug-likeness (QED) is 0.441. The summed E-state index contributed by atoms with van der Waals surface area (Å²) in [5.74, 6) is 0. The minimum Gasteiger partial charge on any atom is -0.374 e. The van der Waals surface area contributed by atoms with Crippen molar-refractivity contribution >= 4 is 5.69 Å². The van der Waals surface area contributed by atoms with Crippen molar-refractivity contribution < 1.29 is 18.4 Å². The zero-order valence-corrected chi connectivity index (χ0v) is 9.64. The fourth-order valence-corrected chi connectivity index (χ4v) is 1.38. The number of ether oxygens (including phenoxy) is 1. The molecule has 0 aliphatic heterocycles. The highest BCUT2D eigenvalue weighted by Crippen LogP contribution is 2.16. The first-order chi connectivity index (χ1) is 8.61. The second-order valence-electron chi connectivity index (χ2n) is 3.53. The number of benzene rings is 1. The van der Waals surface area contributed by atoms with Gasteiger partial charge in [0.15, 0.2) is 0 Å². The Bertz CT molecular complexity index is 388. The fraction of sp³-hybridized carbons (Fsp3) is 0.455. The Morgan fingerprint density at radius 3 is 2.78 bits per heavy atom. The van der Waals surface area contributed by atoms with Crippen LogP contribution in [0.4, 0.5) is 14.5 Å². The molecule has 0 fully saturated rings. The lowest BCUT2D eigenvalue weighted by atomic mass is 10.2. The van der Waals surface area contributed by atoms with Gasteiger partial charge in [0.05, 0.1) is 11.5 Å². The standard InChI is InChI=1S/C11H14F2N2O3/c12-11(13)8-18-6-5-14-7-9-3-1-2-4-10(9)15(16)17/h1-4,11,14H,5-8H2. The first-order valence-electron chi connectivity index (χ1n) is 5.40. The van der Waals surface area contributed by atoms with Gasteiger partial charge in [0.25, 0.3) is 12.1 Å². The Labute approximate surface area is 103 Å². The van der Waals surface area contributed by atoms with E-state index < -0.39 is 18.0 Å². The second-order valence-corrected chi connectivity index (χ2v) is 3.53. The van der Waals surface area contributed by atoms with Crippen molar-refractivity contribution in [3.05, 3.63) is 39.9 Å². The number of nitrogens with zero attached hydrogens (tertiary/aromatic N) is 1. The smallest absolute Gasteiger partial charge is 0.273 e. The summed E-state index contributed by atoms with van der Waals surface area (Å²) in [7, 11) is 0. The van der Waals surface area contributed by atoms with E-state index in [2.05, 4.69) is 10.1 Å². The average Bonchev–Trinajstić information content (AvgIpc) is 2.33. The van der Waals surface area contributed by atoms with Gasteiger partial charge < -0.3 is 10.1 Å². The van der Waals surface area contributed by atoms with Gasteiger partial charge in [0, 0.05) is 24.7 Å². The van der Waals surface area contributed by atoms with E-state index in [0.29, 0.717) is 18.7 Å². The molecule has 7 heteroatoms. The number of nitrogens with one attached hydrogen (secondary N) is 1. The predicted octanol–water partition coefficient (Wildman–Crippen LogP) is 1.97. The van der Waals surface area contributed by atoms with Crippen LogP contribution in [-0.4, -0.2) is 31.1 Å². The van der Waals surface area contributed by atoms with Crippen LogP contribution in [0.3, 0.4) is 0 Å². The number of alkyl halides is 2. The van der Waals surface area contributed by atoms with E-state index >= 15 is 0 Å². The van der Waals surface area contributed by atoms with Crippen LogP contribution in [-0.2, 0) is 11.3 Å². The summed E-state index contributed by atoms with van der Waals surface area (Å²) < 4.78 is 28.1. The molecule has 0 saturated carbocycles. The van der Waals surface area contributed by atoms with E-state index in [4.69, 9.17) is 0 Å². The van der Waals surface area contributed by atoms with Crippen LogP contribution in [0.15, 0.2) is 24.3 Å². The lowest BCUT2D eigenvalue weighted by Crippen LogP contribution is -2.21. The van der Waals surface area contributed by atoms with E-state index in [1.807, 2.05) is 0 Å². The number of nitro groups is 1. The van der Waals surface area contributed by atoms with Crippen molar-refractivity contribution in [3.63, 3.8) is 0 Å². The summed E-state index contributed by atoms with van der Waals surface area (Å²) in [6, 6.07) is 6.36. The zero-order valence-electron chi connectivity index (χ0n) is 9.64. The summed E-state index contributed by atoms with van der Waals surface area (Å²) in [6.45, 7) is 0.214. The Hall–Kier alpha value is -1.60. The molecule has 0 aliphatic carbocycles. The molecule has 5 nitrogen and oxygen atoms in total. The SMILES string of the molecule is O=[N+]([O-])c1ccccc1CNCCOCC(F)F. The molecule has 0 bridgehead atoms. The fourth-order valence-electron chi connectivity index (χ4n) is 1.38. The number of hydrogen-bond donors (Lipinski definition) is 1. The van der Waals surface area contributed by atoms with Crippen molar-refractivity contribution in [1.82, 2.24) is 5.32 Å². The lowest BCUT2D eigenvalue weighted by Gasteiger charge is -2.06. The van der Waals surface area contributed by atoms with Crippen LogP contribution >= 0.6 is 0 Å². The summed E-state index contributed by atoms with van der Waals surface area (Å²) in [5.41, 5.74) is 0.592. The molecule has 0 heterocycles. The molecular formula is C11H14F2N2O3. The molecule has 0 amide bonds. The third-order valence-electron chi connectivity index (χ3n) is 2.17. The zero-order chi connectivity index (χ0) is 13.4. The van der Waals surface area contributed by atoms with E-state index in [0.717, 1.165) is 0 Å². The summed E-state index contributed by atoms with van der Waals surface area (Å²) >= 11 is 0. The highest BCUT2D eigenvalue weighted by molar-refractivity contribution is 5.39. The van der Waals surface area contributed by atoms with Gasteiger partial charge in [-0.25, -0.2) is 8.78 Å². The molecular weight excluding hydrogens is 246 g/mol. The number of hydrogen-bond acceptors (Lipinski definition) is 4. The van der Waals surface area contributed by atoms with Crippen LogP contribution in [0.5, 0.6) is 0 Å². The second kappa shape index (κ2) is 7.67. The van der Waals surface area contributed by atoms with Gasteiger partial charge in [-0.1, -0.05) is 18.2 Å². The van der Waals surface area contributed by atoms with Gasteiger partial charge in [-0.05, 0) is 0 Å². The van der Waals surface area contributed by atoms with Crippen LogP contribution in [0.25, 0.3) is 0 Å². The first kappa shape index (κ1) is 14.5. The van der Waals surface area contributed by atoms with Crippen LogP contribution < -0.4 is 5.32 Å². The van der Waals surface area contributed by atoms with Crippen LogP contribution in [0, 0.1) is 10.1 Å². The van der Waals surface area contributed by atoms with Crippen LogP contribution in [0.1, 0.15) is 5.56 Å². The van der Waals surface area contributed by atoms with E-state index in [-0.39, 0.29) is 12.3 Å². The molecule has 0 spiro atoms. The number of halogens is 2. The van der Waals surface area contributed by atoms with E-state index in [1.165, 1.54) is 6.07 Å². The maximum absolute atomic E-state index is 11.7. The van der Waals surface area contributed by atoms with Gasteiger partial charge in [-0.3, -0.25) is 10.1 Å². The van der Waals surface area contributed by atoms with Gasteiger partial charge in [0.1, 0.15) is 6.61 Å². The van der Waals surface area contributed by atoms with Gasteiger partial charge >= 0.3 is 0 Å². The molecule has 0 atom stereocenters. The van der Waals surface area contributed by atoms with Crippen molar-refractivity contribution in [2.24, 2.45) is 0 Å². The summed E-state index contributed by atoms with van der Waals surface area (Å²) in [5, 5.41) is 13.6. The van der Waals surface area contributed by atoms with Gasteiger partial charge in [-0.15, -0.1) is 0 Å². The number of nitro benzene ring substituents is 1. The average molecular weight is 260 g/mol. The highest BCUT2D eigenvalue weighted by Gasteiger charge is 2.11. The molecule has 0 radical (unpaired) electrons. The summed E-state index contributed by atoms with van der Waals surface area (Å²) in [4.78, 5) is 10.2. The third kappa shape index (κ3) is 5.15. The molecule has 1 rings (SSSR count). The maximum Gasteiger partial charge on any atom is 0.273 e. The number of rotatable bonds is 8. The van der Waals surface area contributed by atoms with Crippen molar-refractivity contribution in [3.8, 4) is 0 Å². The molecule has 1 N–H and O–H groups in total. The first-order valence-corrected chi connectivity index (χ1v) is 5.40. The molecule has 100 valence electrons. The Morgan fingerprint density at radius 2 is 2.11 bits per heavy atom. The minimum atomic E-state index is -2.47.